The summed E-state index contributed by atoms with van der Waals surface area (Å²) in [5.41, 5.74) is 3.49. The van der Waals surface area contributed by atoms with Crippen LogP contribution in [0.25, 0.3) is 33.2 Å². The summed E-state index contributed by atoms with van der Waals surface area (Å²) in [5.74, 6) is 0. The summed E-state index contributed by atoms with van der Waals surface area (Å²) in [6.45, 7) is 8.07. The zero-order valence-corrected chi connectivity index (χ0v) is 20.7. The Labute approximate surface area is 223 Å². The summed E-state index contributed by atoms with van der Waals surface area (Å²) < 4.78 is 74.8. The molecule has 2 heterocycles. The zero-order valence-electron chi connectivity index (χ0n) is 28.7. The van der Waals surface area contributed by atoms with Crippen molar-refractivity contribution in [2.75, 3.05) is 0 Å². The van der Waals surface area contributed by atoms with E-state index in [4.69, 9.17) is 11.0 Å². The highest BCUT2D eigenvalue weighted by molar-refractivity contribution is 5.96. The fraction of sp³-hybridized carbons (Fsp3) is 0.176. The number of fused-ring (bicyclic) bond motifs is 6. The summed E-state index contributed by atoms with van der Waals surface area (Å²) in [4.78, 5) is 0. The van der Waals surface area contributed by atoms with Crippen molar-refractivity contribution in [1.29, 1.82) is 0 Å². The van der Waals surface area contributed by atoms with Gasteiger partial charge in [0.25, 0.3) is 0 Å². The normalized spacial score (nSPS) is 18.8. The fourth-order valence-corrected chi connectivity index (χ4v) is 6.30. The van der Waals surface area contributed by atoms with Gasteiger partial charge in [-0.05, 0) is 61.3 Å². The molecule has 0 fully saturated rings. The molecule has 0 bridgehead atoms. The number of nitrogens with zero attached hydrogens (tertiary/aromatic N) is 2. The van der Waals surface area contributed by atoms with Crippen molar-refractivity contribution < 1.29 is 11.0 Å². The van der Waals surface area contributed by atoms with Crippen LogP contribution in [0.15, 0.2) is 109 Å². The third-order valence-electron chi connectivity index (χ3n) is 7.67. The predicted molar refractivity (Wildman–Crippen MR) is 151 cm³/mol. The number of hydrogen-bond donors (Lipinski definition) is 0. The van der Waals surface area contributed by atoms with Crippen molar-refractivity contribution in [1.82, 2.24) is 9.13 Å². The van der Waals surface area contributed by atoms with E-state index in [1.54, 1.807) is 0 Å². The van der Waals surface area contributed by atoms with Crippen LogP contribution < -0.4 is 0 Å². The van der Waals surface area contributed by atoms with E-state index in [-0.39, 0.29) is 48.3 Å². The number of hydrogen-bond acceptors (Lipinski definition) is 0. The Kier molecular flexibility index (Phi) is 2.92. The number of rotatable bonds is 2. The molecule has 176 valence electrons. The summed E-state index contributed by atoms with van der Waals surface area (Å²) in [6, 6.07) is 17.3. The van der Waals surface area contributed by atoms with E-state index in [1.807, 2.05) is 97.5 Å². The van der Waals surface area contributed by atoms with Gasteiger partial charge < -0.3 is 9.13 Å². The van der Waals surface area contributed by atoms with E-state index in [1.165, 1.54) is 0 Å². The van der Waals surface area contributed by atoms with Crippen molar-refractivity contribution in [2.45, 2.75) is 38.5 Å². The molecule has 0 saturated heterocycles. The molecule has 2 aromatic heterocycles. The smallest absolute Gasteiger partial charge is 0.0645 e. The Morgan fingerprint density at radius 1 is 0.528 bits per heavy atom. The van der Waals surface area contributed by atoms with Gasteiger partial charge in [0.05, 0.1) is 22.0 Å². The first kappa shape index (κ1) is 14.5. The third kappa shape index (κ3) is 2.62. The molecule has 7 rings (SSSR count). The third-order valence-corrected chi connectivity index (χ3v) is 7.67. The average Bonchev–Trinajstić information content (AvgIpc) is 3.59. The van der Waals surface area contributed by atoms with Gasteiger partial charge >= 0.3 is 0 Å². The van der Waals surface area contributed by atoms with Crippen LogP contribution in [0.3, 0.4) is 0 Å². The Balaban J connectivity index is 1.81. The Morgan fingerprint density at radius 2 is 0.917 bits per heavy atom. The summed E-state index contributed by atoms with van der Waals surface area (Å²) in [5, 5.41) is 0.833. The van der Waals surface area contributed by atoms with Gasteiger partial charge in [0, 0.05) is 44.4 Å². The molecule has 0 radical (unpaired) electrons. The predicted octanol–water partition coefficient (Wildman–Crippen LogP) is 8.54. The van der Waals surface area contributed by atoms with Crippen LogP contribution in [0.4, 0.5) is 0 Å². The van der Waals surface area contributed by atoms with Crippen molar-refractivity contribution in [2.24, 2.45) is 0 Å². The largest absolute Gasteiger partial charge is 0.312 e. The van der Waals surface area contributed by atoms with E-state index in [0.29, 0.717) is 21.8 Å². The lowest BCUT2D eigenvalue weighted by Gasteiger charge is -2.42. The topological polar surface area (TPSA) is 9.86 Å². The molecule has 0 aliphatic heterocycles. The zero-order chi connectivity index (χ0) is 31.6. The van der Waals surface area contributed by atoms with Crippen LogP contribution in [0.1, 0.15) is 61.2 Å². The van der Waals surface area contributed by atoms with Gasteiger partial charge in [-0.2, -0.15) is 0 Å². The summed E-state index contributed by atoms with van der Waals surface area (Å²) in [7, 11) is 0. The van der Waals surface area contributed by atoms with Crippen LogP contribution in [-0.2, 0) is 10.8 Å². The van der Waals surface area contributed by atoms with Crippen molar-refractivity contribution >= 4 is 21.8 Å². The molecule has 0 amide bonds. The molecule has 2 nitrogen and oxygen atoms in total. The Bertz CT molecular complexity index is 2040. The molecule has 0 atom stereocenters. The van der Waals surface area contributed by atoms with E-state index >= 15 is 0 Å². The second kappa shape index (κ2) is 7.24. The standard InChI is InChI=1S/C34H30N2/c1-33(2)29-25-19-11-13-21-27(25)35(23-15-7-5-8-16-23)31(29)34(3,4)32-30(33)26-20-12-14-22-28(26)36(32)24-17-9-6-10-18-24/h5-22H,1-4H3/i11D,12D,13D,14D,19D,20D,21D,22D. The van der Waals surface area contributed by atoms with Gasteiger partial charge in [0.15, 0.2) is 0 Å². The molecular formula is C34H30N2. The highest BCUT2D eigenvalue weighted by Crippen LogP contribution is 2.56. The van der Waals surface area contributed by atoms with Crippen LogP contribution in [-0.4, -0.2) is 9.13 Å². The first-order valence-electron chi connectivity index (χ1n) is 16.2. The van der Waals surface area contributed by atoms with Gasteiger partial charge in [0.2, 0.25) is 0 Å². The number of benzene rings is 4. The molecular weight excluding hydrogens is 436 g/mol. The van der Waals surface area contributed by atoms with Crippen molar-refractivity contribution in [3.05, 3.63) is 132 Å². The molecule has 1 aliphatic carbocycles. The Morgan fingerprint density at radius 3 is 1.33 bits per heavy atom. The van der Waals surface area contributed by atoms with E-state index < -0.39 is 10.8 Å². The molecule has 0 N–H and O–H groups in total. The second-order valence-electron chi connectivity index (χ2n) is 10.5. The van der Waals surface area contributed by atoms with Gasteiger partial charge in [-0.3, -0.25) is 0 Å². The molecule has 36 heavy (non-hydrogen) atoms. The van der Waals surface area contributed by atoms with E-state index in [0.717, 1.165) is 33.9 Å². The minimum atomic E-state index is -0.937. The van der Waals surface area contributed by atoms with Crippen LogP contribution in [0.2, 0.25) is 0 Å². The lowest BCUT2D eigenvalue weighted by atomic mass is 9.63. The first-order valence-corrected chi connectivity index (χ1v) is 12.2. The molecule has 2 heteroatoms. The van der Waals surface area contributed by atoms with Crippen LogP contribution in [0.5, 0.6) is 0 Å². The summed E-state index contributed by atoms with van der Waals surface area (Å²) in [6.07, 6.45) is 0. The second-order valence-corrected chi connectivity index (χ2v) is 10.5. The maximum atomic E-state index is 9.14. The van der Waals surface area contributed by atoms with E-state index in [9.17, 15) is 0 Å². The number of para-hydroxylation sites is 4. The van der Waals surface area contributed by atoms with E-state index in [2.05, 4.69) is 0 Å². The van der Waals surface area contributed by atoms with Gasteiger partial charge in [-0.25, -0.2) is 0 Å². The SMILES string of the molecule is [2H]c1c([2H])c([2H])c2c(c1[2H])c1c(n2-c2ccccc2)C(C)(C)c2c(c3c([2H])c([2H])c([2H])c([2H])c3n2-c2ccccc2)C1(C)C. The maximum Gasteiger partial charge on any atom is 0.0645 e. The van der Waals surface area contributed by atoms with Crippen molar-refractivity contribution in [3.63, 3.8) is 0 Å². The average molecular weight is 475 g/mol. The molecule has 0 saturated carbocycles. The molecule has 6 aromatic rings. The Hall–Kier alpha value is -4.04. The van der Waals surface area contributed by atoms with Gasteiger partial charge in [-0.15, -0.1) is 0 Å². The molecule has 4 aromatic carbocycles. The van der Waals surface area contributed by atoms with Crippen LogP contribution >= 0.6 is 0 Å². The molecule has 0 unspecified atom stereocenters. The highest BCUT2D eigenvalue weighted by Gasteiger charge is 2.49. The molecule has 0 spiro atoms. The maximum absolute atomic E-state index is 9.14. The fourth-order valence-electron chi connectivity index (χ4n) is 6.30. The minimum Gasteiger partial charge on any atom is -0.312 e. The van der Waals surface area contributed by atoms with Crippen LogP contribution in [0, 0.1) is 0 Å². The first-order chi connectivity index (χ1) is 20.7. The number of aromatic nitrogens is 2. The lowest BCUT2D eigenvalue weighted by molar-refractivity contribution is 0.491. The minimum absolute atomic E-state index is 0.131. The molecule has 1 aliphatic rings. The quantitative estimate of drug-likeness (QED) is 0.238. The van der Waals surface area contributed by atoms with Gasteiger partial charge in [-0.1, -0.05) is 86.5 Å². The summed E-state index contributed by atoms with van der Waals surface area (Å²) >= 11 is 0. The lowest BCUT2D eigenvalue weighted by Crippen LogP contribution is -2.38. The van der Waals surface area contributed by atoms with Crippen molar-refractivity contribution in [3.8, 4) is 11.4 Å². The monoisotopic (exact) mass is 474 g/mol. The van der Waals surface area contributed by atoms with Gasteiger partial charge in [0.1, 0.15) is 0 Å². The highest BCUT2D eigenvalue weighted by atomic mass is 15.1.